The van der Waals surface area contributed by atoms with E-state index >= 15 is 0 Å². The molecule has 0 spiro atoms. The Bertz CT molecular complexity index is 684. The molecule has 0 saturated heterocycles. The third kappa shape index (κ3) is 3.19. The van der Waals surface area contributed by atoms with Crippen molar-refractivity contribution in [2.75, 3.05) is 0 Å². The van der Waals surface area contributed by atoms with Gasteiger partial charge in [-0.25, -0.2) is 0 Å². The van der Waals surface area contributed by atoms with Crippen LogP contribution in [0.2, 0.25) is 10.0 Å². The molecule has 2 aromatic carbocycles. The maximum absolute atomic E-state index is 12.5. The van der Waals surface area contributed by atoms with E-state index in [1.807, 2.05) is 31.2 Å². The van der Waals surface area contributed by atoms with E-state index in [2.05, 4.69) is 0 Å². The van der Waals surface area contributed by atoms with Crippen molar-refractivity contribution in [1.29, 1.82) is 5.26 Å². The fourth-order valence-corrected chi connectivity index (χ4v) is 2.52. The molecule has 1 atom stereocenters. The largest absolute Gasteiger partial charge is 0.292 e. The highest BCUT2D eigenvalue weighted by atomic mass is 35.5. The summed E-state index contributed by atoms with van der Waals surface area (Å²) in [5, 5.41) is 10.1. The minimum absolute atomic E-state index is 0.303. The summed E-state index contributed by atoms with van der Waals surface area (Å²) in [5.74, 6) is -1.16. The van der Waals surface area contributed by atoms with Crippen LogP contribution in [-0.2, 0) is 0 Å². The predicted octanol–water partition coefficient (Wildman–Crippen LogP) is 4.79. The fourth-order valence-electron chi connectivity index (χ4n) is 2.00. The molecule has 0 aromatic heterocycles. The van der Waals surface area contributed by atoms with E-state index in [9.17, 15) is 10.1 Å². The Kier molecular flexibility index (Phi) is 4.44. The highest BCUT2D eigenvalue weighted by molar-refractivity contribution is 6.35. The van der Waals surface area contributed by atoms with Crippen LogP contribution < -0.4 is 0 Å². The molecule has 0 aliphatic carbocycles. The van der Waals surface area contributed by atoms with Crippen LogP contribution in [0.1, 0.15) is 27.4 Å². The van der Waals surface area contributed by atoms with Gasteiger partial charge in [0.25, 0.3) is 0 Å². The molecule has 0 N–H and O–H groups in total. The van der Waals surface area contributed by atoms with Crippen LogP contribution in [0, 0.1) is 18.3 Å². The molecule has 0 fully saturated rings. The number of aryl methyl sites for hydroxylation is 1. The minimum Gasteiger partial charge on any atom is -0.292 e. The van der Waals surface area contributed by atoms with Crippen molar-refractivity contribution in [1.82, 2.24) is 0 Å². The number of Topliss-reactive ketones (excluding diaryl/α,β-unsaturated/α-hetero) is 1. The van der Waals surface area contributed by atoms with Crippen LogP contribution in [0.15, 0.2) is 42.5 Å². The summed E-state index contributed by atoms with van der Waals surface area (Å²) < 4.78 is 0. The van der Waals surface area contributed by atoms with Crippen LogP contribution in [0.5, 0.6) is 0 Å². The zero-order chi connectivity index (χ0) is 14.7. The maximum atomic E-state index is 12.5. The quantitative estimate of drug-likeness (QED) is 0.765. The van der Waals surface area contributed by atoms with Crippen LogP contribution in [-0.4, -0.2) is 5.78 Å². The van der Waals surface area contributed by atoms with E-state index in [0.717, 1.165) is 5.56 Å². The number of halogens is 2. The molecule has 0 bridgehead atoms. The first-order valence-corrected chi connectivity index (χ1v) is 6.73. The van der Waals surface area contributed by atoms with Crippen LogP contribution in [0.25, 0.3) is 0 Å². The Morgan fingerprint density at radius 3 is 2.35 bits per heavy atom. The first-order valence-electron chi connectivity index (χ1n) is 5.98. The van der Waals surface area contributed by atoms with Crippen molar-refractivity contribution in [3.63, 3.8) is 0 Å². The molecular formula is C16H11Cl2NO. The van der Waals surface area contributed by atoms with E-state index < -0.39 is 5.92 Å². The average molecular weight is 304 g/mol. The first-order chi connectivity index (χ1) is 9.51. The van der Waals surface area contributed by atoms with Gasteiger partial charge in [-0.1, -0.05) is 53.0 Å². The van der Waals surface area contributed by atoms with Gasteiger partial charge in [0.05, 0.1) is 6.07 Å². The SMILES string of the molecule is Cc1cccc(C(C#N)C(=O)c2cc(Cl)cc(Cl)c2)c1. The van der Waals surface area contributed by atoms with Gasteiger partial charge < -0.3 is 0 Å². The number of hydrogen-bond acceptors (Lipinski definition) is 2. The van der Waals surface area contributed by atoms with E-state index in [1.165, 1.54) is 12.1 Å². The van der Waals surface area contributed by atoms with Gasteiger partial charge in [0.2, 0.25) is 0 Å². The van der Waals surface area contributed by atoms with Gasteiger partial charge in [-0.05, 0) is 30.7 Å². The molecule has 20 heavy (non-hydrogen) atoms. The molecule has 1 unspecified atom stereocenters. The van der Waals surface area contributed by atoms with Gasteiger partial charge in [0.1, 0.15) is 5.92 Å². The van der Waals surface area contributed by atoms with E-state index in [0.29, 0.717) is 21.2 Å². The lowest BCUT2D eigenvalue weighted by molar-refractivity contribution is 0.0979. The summed E-state index contributed by atoms with van der Waals surface area (Å²) in [5.41, 5.74) is 2.02. The Morgan fingerprint density at radius 1 is 1.15 bits per heavy atom. The van der Waals surface area contributed by atoms with Gasteiger partial charge in [-0.15, -0.1) is 0 Å². The zero-order valence-corrected chi connectivity index (χ0v) is 12.2. The van der Waals surface area contributed by atoms with E-state index in [4.69, 9.17) is 23.2 Å². The Labute approximate surface area is 127 Å². The van der Waals surface area contributed by atoms with Crippen molar-refractivity contribution >= 4 is 29.0 Å². The molecule has 2 aromatic rings. The molecule has 0 radical (unpaired) electrons. The van der Waals surface area contributed by atoms with Gasteiger partial charge in [0.15, 0.2) is 5.78 Å². The normalized spacial score (nSPS) is 11.7. The number of rotatable bonds is 3. The molecule has 0 amide bonds. The molecule has 4 heteroatoms. The lowest BCUT2D eigenvalue weighted by Gasteiger charge is -2.10. The Hall–Kier alpha value is -1.82. The number of nitriles is 1. The standard InChI is InChI=1S/C16H11Cl2NO/c1-10-3-2-4-11(5-10)15(9-19)16(20)12-6-13(17)8-14(18)7-12/h2-8,15H,1H3. The lowest BCUT2D eigenvalue weighted by atomic mass is 9.91. The van der Waals surface area contributed by atoms with Crippen LogP contribution in [0.4, 0.5) is 0 Å². The van der Waals surface area contributed by atoms with E-state index in [1.54, 1.807) is 12.1 Å². The fraction of sp³-hybridized carbons (Fsp3) is 0.125. The van der Waals surface area contributed by atoms with Crippen LogP contribution in [0.3, 0.4) is 0 Å². The summed E-state index contributed by atoms with van der Waals surface area (Å²) in [7, 11) is 0. The molecule has 100 valence electrons. The van der Waals surface area contributed by atoms with Crippen molar-refractivity contribution in [2.45, 2.75) is 12.8 Å². The molecule has 2 rings (SSSR count). The summed E-state index contributed by atoms with van der Waals surface area (Å²) in [6.45, 7) is 1.92. The zero-order valence-electron chi connectivity index (χ0n) is 10.7. The number of nitrogens with zero attached hydrogens (tertiary/aromatic N) is 1. The number of carbonyl (C=O) groups excluding carboxylic acids is 1. The topological polar surface area (TPSA) is 40.9 Å². The second-order valence-corrected chi connectivity index (χ2v) is 5.37. The third-order valence-electron chi connectivity index (χ3n) is 2.91. The molecule has 0 heterocycles. The van der Waals surface area contributed by atoms with Crippen molar-refractivity contribution in [2.24, 2.45) is 0 Å². The molecule has 2 nitrogen and oxygen atoms in total. The number of carbonyl (C=O) groups is 1. The van der Waals surface area contributed by atoms with Crippen molar-refractivity contribution in [3.05, 3.63) is 69.2 Å². The summed E-state index contributed by atoms with van der Waals surface area (Å²) in [6.07, 6.45) is 0. The summed E-state index contributed by atoms with van der Waals surface area (Å²) in [6, 6.07) is 14.0. The monoisotopic (exact) mass is 303 g/mol. The predicted molar refractivity (Wildman–Crippen MR) is 80.3 cm³/mol. The van der Waals surface area contributed by atoms with Crippen molar-refractivity contribution in [3.8, 4) is 6.07 Å². The number of hydrogen-bond donors (Lipinski definition) is 0. The second-order valence-electron chi connectivity index (χ2n) is 4.50. The highest BCUT2D eigenvalue weighted by Crippen LogP contribution is 2.25. The van der Waals surface area contributed by atoms with Gasteiger partial charge in [-0.2, -0.15) is 5.26 Å². The van der Waals surface area contributed by atoms with Gasteiger partial charge >= 0.3 is 0 Å². The first kappa shape index (κ1) is 14.6. The average Bonchev–Trinajstić information content (AvgIpc) is 2.38. The van der Waals surface area contributed by atoms with E-state index in [-0.39, 0.29) is 5.78 Å². The molecular weight excluding hydrogens is 293 g/mol. The molecule has 0 saturated carbocycles. The maximum Gasteiger partial charge on any atom is 0.184 e. The highest BCUT2D eigenvalue weighted by Gasteiger charge is 2.22. The molecule has 0 aliphatic heterocycles. The smallest absolute Gasteiger partial charge is 0.184 e. The van der Waals surface area contributed by atoms with Gasteiger partial charge in [-0.3, -0.25) is 4.79 Å². The third-order valence-corrected chi connectivity index (χ3v) is 3.35. The van der Waals surface area contributed by atoms with Gasteiger partial charge in [0, 0.05) is 15.6 Å². The molecule has 0 aliphatic rings. The second kappa shape index (κ2) is 6.09. The summed E-state index contributed by atoms with van der Waals surface area (Å²) >= 11 is 11.8. The Balaban J connectivity index is 2.42. The Morgan fingerprint density at radius 2 is 1.80 bits per heavy atom. The summed E-state index contributed by atoms with van der Waals surface area (Å²) in [4.78, 5) is 12.5. The lowest BCUT2D eigenvalue weighted by Crippen LogP contribution is -2.11. The minimum atomic E-state index is -0.857. The van der Waals surface area contributed by atoms with Crippen molar-refractivity contribution < 1.29 is 4.79 Å². The number of benzene rings is 2. The number of ketones is 1. The van der Waals surface area contributed by atoms with Crippen LogP contribution >= 0.6 is 23.2 Å².